The molecule has 0 spiro atoms. The van der Waals surface area contributed by atoms with Crippen LogP contribution >= 0.6 is 11.6 Å². The number of rotatable bonds is 3. The van der Waals surface area contributed by atoms with Crippen LogP contribution in [0.15, 0.2) is 24.3 Å². The number of aryl methyl sites for hydroxylation is 1. The van der Waals surface area contributed by atoms with Crippen LogP contribution in [0.2, 0.25) is 5.02 Å². The molecule has 4 heteroatoms. The van der Waals surface area contributed by atoms with Gasteiger partial charge < -0.3 is 5.73 Å². The molecule has 0 amide bonds. The molecule has 96 valence electrons. The van der Waals surface area contributed by atoms with Crippen LogP contribution in [0.4, 0.5) is 5.82 Å². The summed E-state index contributed by atoms with van der Waals surface area (Å²) in [7, 11) is 0. The number of nitrogens with two attached hydrogens (primary N) is 1. The van der Waals surface area contributed by atoms with E-state index < -0.39 is 0 Å². The second-order valence-corrected chi connectivity index (χ2v) is 5.44. The first kappa shape index (κ1) is 13.0. The van der Waals surface area contributed by atoms with Crippen molar-refractivity contribution in [1.29, 1.82) is 0 Å². The summed E-state index contributed by atoms with van der Waals surface area (Å²) in [6, 6.07) is 7.66. The highest BCUT2D eigenvalue weighted by Crippen LogP contribution is 2.22. The van der Waals surface area contributed by atoms with Crippen LogP contribution in [-0.2, 0) is 6.42 Å². The van der Waals surface area contributed by atoms with Crippen LogP contribution in [0.3, 0.4) is 0 Å². The maximum atomic E-state index is 6.03. The predicted molar refractivity (Wildman–Crippen MR) is 76.3 cm³/mol. The maximum Gasteiger partial charge on any atom is 0.127 e. The third-order valence-electron chi connectivity index (χ3n) is 2.80. The Balaban J connectivity index is 2.44. The molecule has 0 aliphatic rings. The van der Waals surface area contributed by atoms with E-state index in [1.54, 1.807) is 4.68 Å². The van der Waals surface area contributed by atoms with Gasteiger partial charge in [-0.15, -0.1) is 0 Å². The SMILES string of the molecule is Cc1ccc(Cl)cc1-n1nc(CC(C)C)cc1N. The van der Waals surface area contributed by atoms with Crippen molar-refractivity contribution in [3.63, 3.8) is 0 Å². The molecule has 0 unspecified atom stereocenters. The second-order valence-electron chi connectivity index (χ2n) is 5.00. The first-order valence-corrected chi connectivity index (χ1v) is 6.46. The number of anilines is 1. The Morgan fingerprint density at radius 3 is 2.72 bits per heavy atom. The summed E-state index contributed by atoms with van der Waals surface area (Å²) in [5, 5.41) is 5.25. The van der Waals surface area contributed by atoms with Crippen LogP contribution in [0.5, 0.6) is 0 Å². The van der Waals surface area contributed by atoms with Crippen molar-refractivity contribution in [3.05, 3.63) is 40.5 Å². The average Bonchev–Trinajstić information content (AvgIpc) is 2.62. The minimum Gasteiger partial charge on any atom is -0.384 e. The Hall–Kier alpha value is -1.48. The topological polar surface area (TPSA) is 43.8 Å². The third kappa shape index (κ3) is 2.67. The largest absolute Gasteiger partial charge is 0.384 e. The second kappa shape index (κ2) is 5.02. The zero-order valence-electron chi connectivity index (χ0n) is 10.9. The van der Waals surface area contributed by atoms with Gasteiger partial charge in [0.15, 0.2) is 0 Å². The van der Waals surface area contributed by atoms with Gasteiger partial charge in [-0.05, 0) is 37.0 Å². The summed E-state index contributed by atoms with van der Waals surface area (Å²) in [6.07, 6.45) is 0.927. The third-order valence-corrected chi connectivity index (χ3v) is 3.04. The summed E-state index contributed by atoms with van der Waals surface area (Å²) >= 11 is 6.03. The zero-order valence-corrected chi connectivity index (χ0v) is 11.7. The molecule has 3 nitrogen and oxygen atoms in total. The van der Waals surface area contributed by atoms with Gasteiger partial charge in [-0.3, -0.25) is 0 Å². The number of nitrogens with zero attached hydrogens (tertiary/aromatic N) is 2. The number of halogens is 1. The molecule has 0 aliphatic heterocycles. The van der Waals surface area contributed by atoms with E-state index >= 15 is 0 Å². The van der Waals surface area contributed by atoms with Crippen LogP contribution in [0, 0.1) is 12.8 Å². The van der Waals surface area contributed by atoms with Gasteiger partial charge in [0.1, 0.15) is 5.82 Å². The Labute approximate surface area is 113 Å². The monoisotopic (exact) mass is 263 g/mol. The number of aromatic nitrogens is 2. The van der Waals surface area contributed by atoms with E-state index in [9.17, 15) is 0 Å². The fourth-order valence-electron chi connectivity index (χ4n) is 1.97. The molecule has 0 radical (unpaired) electrons. The predicted octanol–water partition coefficient (Wildman–Crippen LogP) is 3.61. The maximum absolute atomic E-state index is 6.03. The molecule has 2 aromatic rings. The van der Waals surface area contributed by atoms with Gasteiger partial charge >= 0.3 is 0 Å². The lowest BCUT2D eigenvalue weighted by Crippen LogP contribution is -2.04. The van der Waals surface area contributed by atoms with Crippen LogP contribution < -0.4 is 5.73 Å². The summed E-state index contributed by atoms with van der Waals surface area (Å²) in [4.78, 5) is 0. The van der Waals surface area contributed by atoms with Gasteiger partial charge in [-0.25, -0.2) is 4.68 Å². The quantitative estimate of drug-likeness (QED) is 0.919. The molecule has 0 aliphatic carbocycles. The Morgan fingerprint density at radius 1 is 1.33 bits per heavy atom. The smallest absolute Gasteiger partial charge is 0.127 e. The molecule has 2 N–H and O–H groups in total. The molecule has 18 heavy (non-hydrogen) atoms. The Kier molecular flexibility index (Phi) is 3.62. The summed E-state index contributed by atoms with van der Waals surface area (Å²) in [5.74, 6) is 1.21. The lowest BCUT2D eigenvalue weighted by molar-refractivity contribution is 0.628. The van der Waals surface area contributed by atoms with E-state index in [1.165, 1.54) is 0 Å². The average molecular weight is 264 g/mol. The van der Waals surface area contributed by atoms with Gasteiger partial charge in [-0.2, -0.15) is 5.10 Å². The highest BCUT2D eigenvalue weighted by molar-refractivity contribution is 6.30. The number of hydrogen-bond donors (Lipinski definition) is 1. The molecule has 0 fully saturated rings. The van der Waals surface area contributed by atoms with Crippen molar-refractivity contribution in [3.8, 4) is 5.69 Å². The summed E-state index contributed by atoms with van der Waals surface area (Å²) in [5.41, 5.74) is 9.08. The zero-order chi connectivity index (χ0) is 13.3. The fraction of sp³-hybridized carbons (Fsp3) is 0.357. The molecular weight excluding hydrogens is 246 g/mol. The van der Waals surface area contributed by atoms with Crippen molar-refractivity contribution in [2.24, 2.45) is 5.92 Å². The van der Waals surface area contributed by atoms with Crippen molar-refractivity contribution in [2.75, 3.05) is 5.73 Å². The van der Waals surface area contributed by atoms with Gasteiger partial charge in [0, 0.05) is 11.1 Å². The number of nitrogen functional groups attached to an aromatic ring is 1. The van der Waals surface area contributed by atoms with Crippen molar-refractivity contribution < 1.29 is 0 Å². The lowest BCUT2D eigenvalue weighted by atomic mass is 10.1. The number of benzene rings is 1. The van der Waals surface area contributed by atoms with Gasteiger partial charge in [-0.1, -0.05) is 31.5 Å². The van der Waals surface area contributed by atoms with Crippen LogP contribution in [0.1, 0.15) is 25.1 Å². The highest BCUT2D eigenvalue weighted by Gasteiger charge is 2.10. The van der Waals surface area contributed by atoms with Crippen molar-refractivity contribution in [1.82, 2.24) is 9.78 Å². The van der Waals surface area contributed by atoms with Crippen LogP contribution in [-0.4, -0.2) is 9.78 Å². The van der Waals surface area contributed by atoms with Crippen molar-refractivity contribution in [2.45, 2.75) is 27.2 Å². The van der Waals surface area contributed by atoms with E-state index in [1.807, 2.05) is 31.2 Å². The number of hydrogen-bond acceptors (Lipinski definition) is 2. The van der Waals surface area contributed by atoms with E-state index in [0.29, 0.717) is 16.8 Å². The summed E-state index contributed by atoms with van der Waals surface area (Å²) in [6.45, 7) is 6.36. The molecule has 2 rings (SSSR count). The van der Waals surface area contributed by atoms with E-state index in [-0.39, 0.29) is 0 Å². The minimum atomic E-state index is 0.563. The molecule has 0 saturated carbocycles. The first-order chi connectivity index (χ1) is 8.47. The van der Waals surface area contributed by atoms with E-state index in [0.717, 1.165) is 23.4 Å². The van der Waals surface area contributed by atoms with E-state index in [4.69, 9.17) is 17.3 Å². The molecule has 0 saturated heterocycles. The molecule has 0 bridgehead atoms. The molecular formula is C14H18ClN3. The minimum absolute atomic E-state index is 0.563. The first-order valence-electron chi connectivity index (χ1n) is 6.08. The normalized spacial score (nSPS) is 11.2. The molecule has 0 atom stereocenters. The van der Waals surface area contributed by atoms with Gasteiger partial charge in [0.25, 0.3) is 0 Å². The lowest BCUT2D eigenvalue weighted by Gasteiger charge is -2.08. The standard InChI is InChI=1S/C14H18ClN3/c1-9(2)6-12-8-14(16)18(17-12)13-7-11(15)5-4-10(13)3/h4-5,7-9H,6,16H2,1-3H3. The van der Waals surface area contributed by atoms with E-state index in [2.05, 4.69) is 18.9 Å². The Bertz CT molecular complexity index is 558. The summed E-state index contributed by atoms with van der Waals surface area (Å²) < 4.78 is 1.76. The van der Waals surface area contributed by atoms with Crippen molar-refractivity contribution >= 4 is 17.4 Å². The highest BCUT2D eigenvalue weighted by atomic mass is 35.5. The van der Waals surface area contributed by atoms with Gasteiger partial charge in [0.2, 0.25) is 0 Å². The molecule has 1 aromatic heterocycles. The molecule has 1 heterocycles. The molecule has 1 aromatic carbocycles. The Morgan fingerprint density at radius 2 is 2.06 bits per heavy atom. The van der Waals surface area contributed by atoms with Crippen LogP contribution in [0.25, 0.3) is 5.69 Å². The van der Waals surface area contributed by atoms with Gasteiger partial charge in [0.05, 0.1) is 11.4 Å². The fourth-order valence-corrected chi connectivity index (χ4v) is 2.13.